The van der Waals surface area contributed by atoms with E-state index in [0.29, 0.717) is 41.7 Å². The largest absolute Gasteiger partial charge is 0.497 e. The van der Waals surface area contributed by atoms with Crippen molar-refractivity contribution in [2.45, 2.75) is 63.2 Å². The van der Waals surface area contributed by atoms with Crippen LogP contribution in [0.1, 0.15) is 50.4 Å². The minimum atomic E-state index is -4.01. The smallest absolute Gasteiger partial charge is 0.321 e. The maximum absolute atomic E-state index is 14.4. The number of ether oxygens (including phenoxy) is 5. The van der Waals surface area contributed by atoms with Gasteiger partial charge in [-0.3, -0.25) is 9.52 Å². The first-order valence-electron chi connectivity index (χ1n) is 17.3. The number of aliphatic hydroxyl groups excluding tert-OH is 1. The molecule has 0 spiro atoms. The first kappa shape index (κ1) is 38.5. The van der Waals surface area contributed by atoms with Crippen molar-refractivity contribution in [2.75, 3.05) is 57.3 Å². The van der Waals surface area contributed by atoms with Gasteiger partial charge in [0.25, 0.3) is 15.9 Å². The number of likely N-dealkylation sites (N-methyl/N-ethyl adjacent to an activating group) is 1. The number of fused-ring (bicyclic) bond motifs is 2. The van der Waals surface area contributed by atoms with E-state index in [4.69, 9.17) is 23.7 Å². The van der Waals surface area contributed by atoms with Gasteiger partial charge in [0.05, 0.1) is 42.4 Å². The van der Waals surface area contributed by atoms with Crippen LogP contribution in [0.15, 0.2) is 65.6 Å². The molecule has 0 aromatic heterocycles. The van der Waals surface area contributed by atoms with Gasteiger partial charge in [-0.15, -0.1) is 0 Å². The Labute approximate surface area is 305 Å². The predicted octanol–water partition coefficient (Wildman–Crippen LogP) is 5.18. The Morgan fingerprint density at radius 1 is 1.02 bits per heavy atom. The Morgan fingerprint density at radius 2 is 1.73 bits per heavy atom. The van der Waals surface area contributed by atoms with Crippen LogP contribution < -0.4 is 29.0 Å². The number of urea groups is 1. The summed E-state index contributed by atoms with van der Waals surface area (Å²) in [6, 6.07) is 14.8. The van der Waals surface area contributed by atoms with E-state index in [1.807, 2.05) is 13.8 Å². The summed E-state index contributed by atoms with van der Waals surface area (Å²) >= 11 is 0. The van der Waals surface area contributed by atoms with E-state index in [1.54, 1.807) is 56.4 Å². The summed E-state index contributed by atoms with van der Waals surface area (Å²) in [4.78, 5) is 30.8. The SMILES string of the molecule is COc1ccc(S(=O)(=O)Nc2ccc3c(c2)C(=O)N([C@@H](C)CO)C[C@@H](C)[C@@H](CN(C)C(=O)Nc2ccc4c(c2)OCO4)OCCCC[C@H](C)O3)cc1. The molecular formula is C37H48N4O10S. The van der Waals surface area contributed by atoms with Gasteiger partial charge >= 0.3 is 6.03 Å². The Kier molecular flexibility index (Phi) is 12.7. The maximum atomic E-state index is 14.4. The summed E-state index contributed by atoms with van der Waals surface area (Å²) in [6.07, 6.45) is 1.49. The lowest BCUT2D eigenvalue weighted by molar-refractivity contribution is -0.0115. The van der Waals surface area contributed by atoms with Crippen molar-refractivity contribution in [3.05, 3.63) is 66.2 Å². The third kappa shape index (κ3) is 9.57. The average Bonchev–Trinajstić information content (AvgIpc) is 3.60. The zero-order valence-corrected chi connectivity index (χ0v) is 31.0. The number of aliphatic hydroxyl groups is 1. The molecule has 0 fully saturated rings. The summed E-state index contributed by atoms with van der Waals surface area (Å²) in [5.74, 6) is 1.23. The number of amides is 3. The van der Waals surface area contributed by atoms with Gasteiger partial charge < -0.3 is 43.9 Å². The number of carbonyl (C=O) groups excluding carboxylic acids is 2. The third-order valence-corrected chi connectivity index (χ3v) is 10.5. The third-order valence-electron chi connectivity index (χ3n) is 9.10. The van der Waals surface area contributed by atoms with Crippen molar-refractivity contribution < 1.29 is 46.8 Å². The van der Waals surface area contributed by atoms with E-state index in [1.165, 1.54) is 35.1 Å². The number of anilines is 2. The molecule has 2 aliphatic rings. The van der Waals surface area contributed by atoms with Crippen LogP contribution in [0.2, 0.25) is 0 Å². The molecule has 2 heterocycles. The summed E-state index contributed by atoms with van der Waals surface area (Å²) in [7, 11) is -0.845. The lowest BCUT2D eigenvalue weighted by Crippen LogP contribution is -2.48. The summed E-state index contributed by atoms with van der Waals surface area (Å²) < 4.78 is 57.7. The van der Waals surface area contributed by atoms with E-state index < -0.39 is 28.1 Å². The summed E-state index contributed by atoms with van der Waals surface area (Å²) in [5, 5.41) is 13.2. The molecule has 0 radical (unpaired) electrons. The number of hydrogen-bond acceptors (Lipinski definition) is 10. The van der Waals surface area contributed by atoms with Crippen molar-refractivity contribution in [1.29, 1.82) is 0 Å². The van der Waals surface area contributed by atoms with Gasteiger partial charge in [0.15, 0.2) is 11.5 Å². The molecule has 3 amide bonds. The van der Waals surface area contributed by atoms with E-state index in [0.717, 1.165) is 12.8 Å². The molecule has 282 valence electrons. The average molecular weight is 741 g/mol. The summed E-state index contributed by atoms with van der Waals surface area (Å²) in [6.45, 7) is 6.21. The van der Waals surface area contributed by atoms with Crippen LogP contribution in [0, 0.1) is 5.92 Å². The molecule has 3 aromatic rings. The monoisotopic (exact) mass is 740 g/mol. The molecule has 5 rings (SSSR count). The molecule has 52 heavy (non-hydrogen) atoms. The molecule has 0 bridgehead atoms. The highest BCUT2D eigenvalue weighted by Gasteiger charge is 2.31. The molecule has 0 unspecified atom stereocenters. The van der Waals surface area contributed by atoms with Gasteiger partial charge in [0.2, 0.25) is 6.79 Å². The number of nitrogens with one attached hydrogen (secondary N) is 2. The fourth-order valence-electron chi connectivity index (χ4n) is 5.96. The number of sulfonamides is 1. The molecule has 3 N–H and O–H groups in total. The van der Waals surface area contributed by atoms with Gasteiger partial charge in [-0.05, 0) is 87.7 Å². The Hall–Kier alpha value is -4.73. The molecule has 0 saturated carbocycles. The molecule has 0 aliphatic carbocycles. The van der Waals surface area contributed by atoms with Gasteiger partial charge in [0.1, 0.15) is 11.5 Å². The van der Waals surface area contributed by atoms with Crippen molar-refractivity contribution in [1.82, 2.24) is 9.80 Å². The van der Waals surface area contributed by atoms with Crippen LogP contribution in [0.4, 0.5) is 16.2 Å². The van der Waals surface area contributed by atoms with Crippen LogP contribution in [0.5, 0.6) is 23.0 Å². The van der Waals surface area contributed by atoms with Crippen molar-refractivity contribution in [2.24, 2.45) is 5.92 Å². The highest BCUT2D eigenvalue weighted by Crippen LogP contribution is 2.34. The van der Waals surface area contributed by atoms with Gasteiger partial charge in [-0.2, -0.15) is 0 Å². The van der Waals surface area contributed by atoms with Crippen LogP contribution in [-0.4, -0.2) is 101 Å². The van der Waals surface area contributed by atoms with E-state index in [-0.39, 0.29) is 60.7 Å². The number of carbonyl (C=O) groups is 2. The van der Waals surface area contributed by atoms with E-state index >= 15 is 0 Å². The normalized spacial score (nSPS) is 20.2. The molecule has 15 heteroatoms. The second-order valence-electron chi connectivity index (χ2n) is 13.2. The minimum absolute atomic E-state index is 0.0227. The minimum Gasteiger partial charge on any atom is -0.497 e. The summed E-state index contributed by atoms with van der Waals surface area (Å²) in [5.41, 5.74) is 0.862. The van der Waals surface area contributed by atoms with Gasteiger partial charge in [-0.25, -0.2) is 13.2 Å². The van der Waals surface area contributed by atoms with Crippen LogP contribution >= 0.6 is 0 Å². The number of rotatable bonds is 9. The van der Waals surface area contributed by atoms with Crippen LogP contribution in [0.25, 0.3) is 0 Å². The molecule has 14 nitrogen and oxygen atoms in total. The highest BCUT2D eigenvalue weighted by molar-refractivity contribution is 7.92. The van der Waals surface area contributed by atoms with Crippen molar-refractivity contribution >= 4 is 33.3 Å². The Morgan fingerprint density at radius 3 is 2.46 bits per heavy atom. The van der Waals surface area contributed by atoms with Crippen LogP contribution in [0.3, 0.4) is 0 Å². The zero-order chi connectivity index (χ0) is 37.4. The molecule has 3 aromatic carbocycles. The predicted molar refractivity (Wildman–Crippen MR) is 195 cm³/mol. The first-order valence-corrected chi connectivity index (χ1v) is 18.8. The number of nitrogens with zero attached hydrogens (tertiary/aromatic N) is 2. The second-order valence-corrected chi connectivity index (χ2v) is 14.9. The number of methoxy groups -OCH3 is 1. The van der Waals surface area contributed by atoms with E-state index in [9.17, 15) is 23.1 Å². The number of hydrogen-bond donors (Lipinski definition) is 3. The van der Waals surface area contributed by atoms with E-state index in [2.05, 4.69) is 10.0 Å². The Bertz CT molecular complexity index is 1810. The van der Waals surface area contributed by atoms with Crippen molar-refractivity contribution in [3.63, 3.8) is 0 Å². The first-order chi connectivity index (χ1) is 24.9. The topological polar surface area (TPSA) is 165 Å². The zero-order valence-electron chi connectivity index (χ0n) is 30.2. The molecule has 4 atom stereocenters. The Balaban J connectivity index is 1.38. The maximum Gasteiger partial charge on any atom is 0.321 e. The second kappa shape index (κ2) is 17.2. The quantitative estimate of drug-likeness (QED) is 0.266. The lowest BCUT2D eigenvalue weighted by Gasteiger charge is -2.35. The van der Waals surface area contributed by atoms with Gasteiger partial charge in [0, 0.05) is 50.1 Å². The van der Waals surface area contributed by atoms with Crippen LogP contribution in [-0.2, 0) is 14.8 Å². The fraction of sp³-hybridized carbons (Fsp3) is 0.459. The highest BCUT2D eigenvalue weighted by atomic mass is 32.2. The standard InChI is InChI=1S/C37H48N4O10S/c1-24-20-41(25(2)22-42)36(43)31-18-28(39-52(45,46)30-13-11-29(47-5)12-14-30)10-15-32(31)51-26(3)8-6-7-17-48-35(24)21-40(4)37(44)38-27-9-16-33-34(19-27)50-23-49-33/h9-16,18-19,24-26,35,39,42H,6-8,17,20-23H2,1-5H3,(H,38,44)/t24-,25+,26+,35-/m1/s1. The lowest BCUT2D eigenvalue weighted by atomic mass is 10.0. The molecule has 2 aliphatic heterocycles. The molecular weight excluding hydrogens is 692 g/mol. The molecule has 0 saturated heterocycles. The van der Waals surface area contributed by atoms with Gasteiger partial charge in [-0.1, -0.05) is 6.92 Å². The van der Waals surface area contributed by atoms with Crippen molar-refractivity contribution in [3.8, 4) is 23.0 Å². The number of benzene rings is 3. The fourth-order valence-corrected chi connectivity index (χ4v) is 7.01.